The second-order valence-electron chi connectivity index (χ2n) is 4.48. The summed E-state index contributed by atoms with van der Waals surface area (Å²) in [5.74, 6) is 0.237. The molecule has 1 heterocycles. The minimum absolute atomic E-state index is 0.237. The average Bonchev–Trinajstić information content (AvgIpc) is 2.73. The lowest BCUT2D eigenvalue weighted by molar-refractivity contribution is 0.144. The van der Waals surface area contributed by atoms with Crippen molar-refractivity contribution in [1.29, 1.82) is 0 Å². The summed E-state index contributed by atoms with van der Waals surface area (Å²) < 4.78 is 6.97. The number of benzene rings is 1. The molecule has 0 bridgehead atoms. The predicted octanol–water partition coefficient (Wildman–Crippen LogP) is 4.13. The van der Waals surface area contributed by atoms with Crippen LogP contribution in [0.25, 0.3) is 10.9 Å². The van der Waals surface area contributed by atoms with Crippen LogP contribution in [0.5, 0.6) is 0 Å². The molecule has 0 aliphatic heterocycles. The van der Waals surface area contributed by atoms with Crippen LogP contribution < -0.4 is 5.73 Å². The number of rotatable bonds is 3. The molecule has 7 heteroatoms. The van der Waals surface area contributed by atoms with Crippen LogP contribution in [0.4, 0.5) is 10.6 Å². The highest BCUT2D eigenvalue weighted by Gasteiger charge is 2.19. The molecule has 1 aromatic carbocycles. The Balaban J connectivity index is 2.48. The van der Waals surface area contributed by atoms with Gasteiger partial charge in [-0.1, -0.05) is 24.9 Å². The van der Waals surface area contributed by atoms with E-state index >= 15 is 0 Å². The molecule has 0 amide bonds. The van der Waals surface area contributed by atoms with Gasteiger partial charge in [0.2, 0.25) is 0 Å². The molecule has 0 atom stereocenters. The average molecular weight is 361 g/mol. The van der Waals surface area contributed by atoms with Crippen molar-refractivity contribution in [3.8, 4) is 0 Å². The summed E-state index contributed by atoms with van der Waals surface area (Å²) in [7, 11) is 0. The maximum Gasteiger partial charge on any atom is 0.435 e. The molecule has 0 aliphatic rings. The first kappa shape index (κ1) is 15.1. The summed E-state index contributed by atoms with van der Waals surface area (Å²) in [6, 6.07) is 1.77. The van der Waals surface area contributed by atoms with Crippen molar-refractivity contribution in [3.05, 3.63) is 21.1 Å². The van der Waals surface area contributed by atoms with Crippen LogP contribution in [0.15, 0.2) is 10.5 Å². The summed E-state index contributed by atoms with van der Waals surface area (Å²) in [5.41, 5.74) is 7.27. The number of carbonyl (C=O) groups excluding carboxylic acids is 1. The van der Waals surface area contributed by atoms with Crippen LogP contribution in [-0.2, 0) is 4.74 Å². The van der Waals surface area contributed by atoms with Gasteiger partial charge in [0.25, 0.3) is 0 Å². The van der Waals surface area contributed by atoms with Gasteiger partial charge in [-0.3, -0.25) is 0 Å². The fourth-order valence-corrected chi connectivity index (χ4v) is 2.73. The molecular formula is C13H15BrClN3O2. The zero-order chi connectivity index (χ0) is 14.9. The molecule has 2 aromatic rings. The standard InChI is InChI=1S/C13H15BrClN3O2/c1-3-4-5-20-13(19)18-8-6-7(2)11(15)10(14)9(8)12(16)17-18/h6H,3-5H2,1-2H3,(H2,16,17). The van der Waals surface area contributed by atoms with Gasteiger partial charge in [0.05, 0.1) is 22.5 Å². The quantitative estimate of drug-likeness (QED) is 0.836. The Morgan fingerprint density at radius 3 is 2.95 bits per heavy atom. The molecule has 0 unspecified atom stereocenters. The van der Waals surface area contributed by atoms with E-state index in [9.17, 15) is 4.79 Å². The number of carbonyl (C=O) groups is 1. The largest absolute Gasteiger partial charge is 0.448 e. The van der Waals surface area contributed by atoms with Crippen molar-refractivity contribution < 1.29 is 9.53 Å². The monoisotopic (exact) mass is 359 g/mol. The fraction of sp³-hybridized carbons (Fsp3) is 0.385. The van der Waals surface area contributed by atoms with Crippen LogP contribution in [0.1, 0.15) is 25.3 Å². The summed E-state index contributed by atoms with van der Waals surface area (Å²) in [5, 5.41) is 5.22. The highest BCUT2D eigenvalue weighted by atomic mass is 79.9. The second kappa shape index (κ2) is 6.01. The normalized spacial score (nSPS) is 11.0. The maximum atomic E-state index is 12.0. The van der Waals surface area contributed by atoms with E-state index in [-0.39, 0.29) is 5.82 Å². The van der Waals surface area contributed by atoms with Crippen molar-refractivity contribution in [3.63, 3.8) is 0 Å². The lowest BCUT2D eigenvalue weighted by Crippen LogP contribution is -2.16. The van der Waals surface area contributed by atoms with Gasteiger partial charge in [-0.15, -0.1) is 5.10 Å². The number of unbranched alkanes of at least 4 members (excludes halogenated alkanes) is 1. The van der Waals surface area contributed by atoms with Crippen molar-refractivity contribution >= 4 is 50.3 Å². The topological polar surface area (TPSA) is 70.1 Å². The first-order valence-electron chi connectivity index (χ1n) is 6.27. The highest BCUT2D eigenvalue weighted by molar-refractivity contribution is 9.10. The fourth-order valence-electron chi connectivity index (χ4n) is 1.86. The Hall–Kier alpha value is -1.27. The molecular weight excluding hydrogens is 346 g/mol. The van der Waals surface area contributed by atoms with E-state index in [1.54, 1.807) is 6.07 Å². The number of hydrogen-bond donors (Lipinski definition) is 1. The Bertz CT molecular complexity index is 669. The third-order valence-corrected chi connectivity index (χ3v) is 4.46. The molecule has 0 radical (unpaired) electrons. The van der Waals surface area contributed by atoms with Crippen molar-refractivity contribution in [2.75, 3.05) is 12.3 Å². The molecule has 0 saturated heterocycles. The van der Waals surface area contributed by atoms with E-state index in [0.29, 0.717) is 27.0 Å². The Morgan fingerprint density at radius 1 is 1.60 bits per heavy atom. The first-order valence-corrected chi connectivity index (χ1v) is 7.44. The van der Waals surface area contributed by atoms with Gasteiger partial charge in [0.1, 0.15) is 0 Å². The molecule has 0 saturated carbocycles. The Morgan fingerprint density at radius 2 is 2.30 bits per heavy atom. The predicted molar refractivity (Wildman–Crippen MR) is 83.2 cm³/mol. The van der Waals surface area contributed by atoms with Gasteiger partial charge in [0, 0.05) is 4.47 Å². The number of aryl methyl sites for hydroxylation is 1. The van der Waals surface area contributed by atoms with Crippen LogP contribution >= 0.6 is 27.5 Å². The highest BCUT2D eigenvalue weighted by Crippen LogP contribution is 2.37. The lowest BCUT2D eigenvalue weighted by Gasteiger charge is -2.06. The van der Waals surface area contributed by atoms with Gasteiger partial charge in [0.15, 0.2) is 5.82 Å². The molecule has 2 rings (SSSR count). The Labute approximate surface area is 130 Å². The van der Waals surface area contributed by atoms with E-state index in [1.165, 1.54) is 4.68 Å². The van der Waals surface area contributed by atoms with E-state index in [1.807, 2.05) is 13.8 Å². The molecule has 0 aliphatic carbocycles. The van der Waals surface area contributed by atoms with E-state index in [0.717, 1.165) is 18.4 Å². The lowest BCUT2D eigenvalue weighted by atomic mass is 10.2. The van der Waals surface area contributed by atoms with E-state index in [4.69, 9.17) is 22.1 Å². The molecule has 0 spiro atoms. The number of nitrogens with zero attached hydrogens (tertiary/aromatic N) is 2. The van der Waals surface area contributed by atoms with Crippen molar-refractivity contribution in [2.24, 2.45) is 0 Å². The first-order chi connectivity index (χ1) is 9.47. The van der Waals surface area contributed by atoms with E-state index in [2.05, 4.69) is 21.0 Å². The minimum atomic E-state index is -0.534. The summed E-state index contributed by atoms with van der Waals surface area (Å²) in [6.07, 6.45) is 1.23. The number of fused-ring (bicyclic) bond motifs is 1. The smallest absolute Gasteiger partial charge is 0.435 e. The second-order valence-corrected chi connectivity index (χ2v) is 5.65. The van der Waals surface area contributed by atoms with Gasteiger partial charge in [-0.25, -0.2) is 4.79 Å². The van der Waals surface area contributed by atoms with Gasteiger partial charge in [-0.2, -0.15) is 4.68 Å². The molecule has 0 fully saturated rings. The SMILES string of the molecule is CCCCOC(=O)n1nc(N)c2c(Br)c(Cl)c(C)cc21. The van der Waals surface area contributed by atoms with Gasteiger partial charge in [-0.05, 0) is 40.9 Å². The summed E-state index contributed by atoms with van der Waals surface area (Å²) in [6.45, 7) is 4.24. The van der Waals surface area contributed by atoms with Gasteiger partial charge < -0.3 is 10.5 Å². The number of ether oxygens (including phenoxy) is 1. The zero-order valence-electron chi connectivity index (χ0n) is 11.2. The number of anilines is 1. The molecule has 1 aromatic heterocycles. The third kappa shape index (κ3) is 2.62. The molecule has 5 nitrogen and oxygen atoms in total. The minimum Gasteiger partial charge on any atom is -0.448 e. The number of hydrogen-bond acceptors (Lipinski definition) is 4. The Kier molecular flexibility index (Phi) is 4.55. The third-order valence-electron chi connectivity index (χ3n) is 2.96. The zero-order valence-corrected chi connectivity index (χ0v) is 13.6. The van der Waals surface area contributed by atoms with Crippen LogP contribution in [-0.4, -0.2) is 22.5 Å². The van der Waals surface area contributed by atoms with E-state index < -0.39 is 6.09 Å². The van der Waals surface area contributed by atoms with Gasteiger partial charge >= 0.3 is 6.09 Å². The van der Waals surface area contributed by atoms with Crippen LogP contribution in [0.2, 0.25) is 5.02 Å². The number of aromatic nitrogens is 2. The van der Waals surface area contributed by atoms with Crippen LogP contribution in [0, 0.1) is 6.92 Å². The summed E-state index contributed by atoms with van der Waals surface area (Å²) in [4.78, 5) is 12.0. The number of nitrogens with two attached hydrogens (primary N) is 1. The summed E-state index contributed by atoms with van der Waals surface area (Å²) >= 11 is 9.56. The molecule has 2 N–H and O–H groups in total. The molecule has 108 valence electrons. The van der Waals surface area contributed by atoms with Crippen LogP contribution in [0.3, 0.4) is 0 Å². The number of halogens is 2. The van der Waals surface area contributed by atoms with Crippen molar-refractivity contribution in [1.82, 2.24) is 9.78 Å². The number of nitrogen functional groups attached to an aromatic ring is 1. The molecule has 20 heavy (non-hydrogen) atoms. The maximum absolute atomic E-state index is 12.0. The van der Waals surface area contributed by atoms with Crippen molar-refractivity contribution in [2.45, 2.75) is 26.7 Å².